The van der Waals surface area contributed by atoms with Crippen molar-refractivity contribution in [2.24, 2.45) is 0 Å². The highest BCUT2D eigenvalue weighted by Crippen LogP contribution is 2.12. The fourth-order valence-electron chi connectivity index (χ4n) is 1.65. The minimum absolute atomic E-state index is 0. The third kappa shape index (κ3) is 3.15. The average molecular weight is 324 g/mol. The summed E-state index contributed by atoms with van der Waals surface area (Å²) in [6.45, 7) is 6.15. The predicted octanol–water partition coefficient (Wildman–Crippen LogP) is -0.126. The van der Waals surface area contributed by atoms with E-state index >= 15 is 0 Å². The average Bonchev–Trinajstić information content (AvgIpc) is 2.71. The van der Waals surface area contributed by atoms with Crippen LogP contribution < -0.4 is 21.5 Å². The number of Topliss-reactive ketones (excluding diaryl/α,β-unsaturated/α-hetero) is 1. The molecule has 1 aromatic heterocycles. The number of carbonyl (C=O) groups is 1. The molecule has 0 aliphatic heterocycles. The molecular formula is C14H14BrNOS. The van der Waals surface area contributed by atoms with Crippen molar-refractivity contribution in [2.75, 3.05) is 0 Å². The van der Waals surface area contributed by atoms with Crippen molar-refractivity contribution in [1.29, 1.82) is 0 Å². The van der Waals surface area contributed by atoms with E-state index in [0.29, 0.717) is 6.54 Å². The Labute approximate surface area is 121 Å². The topological polar surface area (TPSA) is 20.9 Å². The van der Waals surface area contributed by atoms with Crippen molar-refractivity contribution in [3.63, 3.8) is 0 Å². The van der Waals surface area contributed by atoms with E-state index in [2.05, 4.69) is 6.58 Å². The molecule has 0 atom stereocenters. The number of benzene rings is 1. The molecule has 0 radical (unpaired) electrons. The molecule has 0 saturated carbocycles. The van der Waals surface area contributed by atoms with Crippen molar-refractivity contribution in [3.8, 4) is 0 Å². The molecule has 0 unspecified atom stereocenters. The molecule has 0 bridgehead atoms. The summed E-state index contributed by atoms with van der Waals surface area (Å²) in [4.78, 5) is 13.1. The van der Waals surface area contributed by atoms with Crippen LogP contribution in [0.25, 0.3) is 6.08 Å². The molecule has 0 N–H and O–H groups in total. The first-order chi connectivity index (χ1) is 8.22. The van der Waals surface area contributed by atoms with Crippen LogP contribution in [0.1, 0.15) is 20.9 Å². The number of hydrogen-bond donors (Lipinski definition) is 0. The Balaban J connectivity index is 0.00000162. The number of halogens is 1. The highest BCUT2D eigenvalue weighted by Gasteiger charge is 2.17. The maximum absolute atomic E-state index is 12.0. The second kappa shape index (κ2) is 6.61. The van der Waals surface area contributed by atoms with Crippen LogP contribution >= 0.6 is 11.3 Å². The van der Waals surface area contributed by atoms with Crippen LogP contribution in [0.4, 0.5) is 0 Å². The third-order valence-corrected chi connectivity index (χ3v) is 3.77. The van der Waals surface area contributed by atoms with Crippen molar-refractivity contribution in [3.05, 3.63) is 58.6 Å². The molecule has 4 heteroatoms. The van der Waals surface area contributed by atoms with Gasteiger partial charge < -0.3 is 17.0 Å². The van der Waals surface area contributed by atoms with E-state index in [1.54, 1.807) is 11.3 Å². The fourth-order valence-corrected chi connectivity index (χ4v) is 2.51. The van der Waals surface area contributed by atoms with E-state index in [9.17, 15) is 4.79 Å². The summed E-state index contributed by atoms with van der Waals surface area (Å²) in [5, 5.41) is 0. The van der Waals surface area contributed by atoms with Gasteiger partial charge in [-0.25, -0.2) is 0 Å². The monoisotopic (exact) mass is 323 g/mol. The summed E-state index contributed by atoms with van der Waals surface area (Å²) < 4.78 is 1.97. The molecule has 2 nitrogen and oxygen atoms in total. The largest absolute Gasteiger partial charge is 1.00 e. The van der Waals surface area contributed by atoms with Gasteiger partial charge in [-0.1, -0.05) is 48.2 Å². The molecule has 0 saturated heterocycles. The summed E-state index contributed by atoms with van der Waals surface area (Å²) in [6, 6.07) is 9.37. The number of ketones is 1. The van der Waals surface area contributed by atoms with Crippen molar-refractivity contribution >= 4 is 23.2 Å². The van der Waals surface area contributed by atoms with Crippen molar-refractivity contribution < 1.29 is 26.3 Å². The lowest BCUT2D eigenvalue weighted by Gasteiger charge is -1.97. The van der Waals surface area contributed by atoms with Gasteiger partial charge in [0, 0.05) is 12.5 Å². The van der Waals surface area contributed by atoms with Gasteiger partial charge in [0.05, 0.1) is 4.88 Å². The van der Waals surface area contributed by atoms with E-state index in [0.717, 1.165) is 16.1 Å². The molecule has 1 heterocycles. The zero-order valence-corrected chi connectivity index (χ0v) is 12.5. The molecule has 18 heavy (non-hydrogen) atoms. The zero-order valence-electron chi connectivity index (χ0n) is 10.1. The number of thiazole rings is 1. The summed E-state index contributed by atoms with van der Waals surface area (Å²) in [7, 11) is 0. The lowest BCUT2D eigenvalue weighted by molar-refractivity contribution is -0.684. The highest BCUT2D eigenvalue weighted by atomic mass is 79.9. The van der Waals surface area contributed by atoms with Gasteiger partial charge in [-0.05, 0) is 6.08 Å². The minimum atomic E-state index is 0. The van der Waals surface area contributed by atoms with Crippen LogP contribution in [0, 0.1) is 6.92 Å². The third-order valence-electron chi connectivity index (χ3n) is 2.69. The van der Waals surface area contributed by atoms with Gasteiger partial charge in [0.15, 0.2) is 5.69 Å². The van der Waals surface area contributed by atoms with Gasteiger partial charge >= 0.3 is 0 Å². The maximum atomic E-state index is 12.0. The van der Waals surface area contributed by atoms with Crippen LogP contribution in [0.15, 0.2) is 42.4 Å². The first kappa shape index (κ1) is 14.8. The Hall–Kier alpha value is -1.26. The van der Waals surface area contributed by atoms with Gasteiger partial charge in [0.25, 0.3) is 0 Å². The summed E-state index contributed by atoms with van der Waals surface area (Å²) in [5.74, 6) is 0.132. The van der Waals surface area contributed by atoms with Crippen LogP contribution in [-0.2, 0) is 6.54 Å². The molecule has 0 aliphatic carbocycles. The second-order valence-corrected chi connectivity index (χ2v) is 4.68. The van der Waals surface area contributed by atoms with Crippen molar-refractivity contribution in [1.82, 2.24) is 0 Å². The quantitative estimate of drug-likeness (QED) is 0.567. The van der Waals surface area contributed by atoms with Gasteiger partial charge in [0.2, 0.25) is 17.8 Å². The normalized spacial score (nSPS) is 9.61. The molecule has 2 rings (SSSR count). The number of hydrogen-bond acceptors (Lipinski definition) is 2. The summed E-state index contributed by atoms with van der Waals surface area (Å²) in [6.07, 6.45) is 1.82. The molecule has 94 valence electrons. The number of nitrogens with zero attached hydrogens (tertiary/aromatic N) is 1. The van der Waals surface area contributed by atoms with E-state index < -0.39 is 0 Å². The number of carbonyl (C=O) groups excluding carboxylic acids is 1. The first-order valence-corrected chi connectivity index (χ1v) is 6.28. The van der Waals surface area contributed by atoms with Crippen LogP contribution in [0.3, 0.4) is 0 Å². The van der Waals surface area contributed by atoms with Crippen LogP contribution in [0.2, 0.25) is 0 Å². The van der Waals surface area contributed by atoms with Crippen LogP contribution in [0.5, 0.6) is 0 Å². The minimum Gasteiger partial charge on any atom is -1.00 e. The van der Waals surface area contributed by atoms with Gasteiger partial charge in [-0.15, -0.1) is 0 Å². The predicted molar refractivity (Wildman–Crippen MR) is 70.1 cm³/mol. The standard InChI is InChI=1S/C14H14NOS.BrH/c1-3-14-11(2)15(10-17-14)9-13(16)12-7-5-4-6-8-12;/h3-8,10H,1,9H2,2H3;1H/q+1;/p-1. The molecular weight excluding hydrogens is 310 g/mol. The summed E-state index contributed by atoms with van der Waals surface area (Å²) in [5.41, 5.74) is 3.81. The number of rotatable bonds is 4. The fraction of sp³-hybridized carbons (Fsp3) is 0.143. The number of aromatic nitrogens is 1. The molecule has 0 amide bonds. The van der Waals surface area contributed by atoms with E-state index in [-0.39, 0.29) is 22.8 Å². The Morgan fingerprint density at radius 2 is 2.06 bits per heavy atom. The molecule has 2 aromatic rings. The SMILES string of the molecule is C=Cc1sc[n+](CC(=O)c2ccccc2)c1C.[Br-]. The maximum Gasteiger partial charge on any atom is 0.227 e. The Morgan fingerprint density at radius 3 is 2.61 bits per heavy atom. The lowest BCUT2D eigenvalue weighted by Crippen LogP contribution is -3.00. The first-order valence-electron chi connectivity index (χ1n) is 5.40. The van der Waals surface area contributed by atoms with Crippen LogP contribution in [-0.4, -0.2) is 5.78 Å². The highest BCUT2D eigenvalue weighted by molar-refractivity contribution is 7.10. The molecule has 0 aliphatic rings. The molecule has 0 fully saturated rings. The Morgan fingerprint density at radius 1 is 1.39 bits per heavy atom. The Kier molecular flexibility index (Phi) is 5.44. The van der Waals surface area contributed by atoms with Gasteiger partial charge in [-0.3, -0.25) is 4.79 Å². The van der Waals surface area contributed by atoms with Gasteiger partial charge in [0.1, 0.15) is 0 Å². The smallest absolute Gasteiger partial charge is 0.227 e. The Bertz CT molecular complexity index is 548. The van der Waals surface area contributed by atoms with Crippen molar-refractivity contribution in [2.45, 2.75) is 13.5 Å². The molecule has 1 aromatic carbocycles. The molecule has 0 spiro atoms. The second-order valence-electron chi connectivity index (χ2n) is 3.79. The zero-order chi connectivity index (χ0) is 12.3. The summed E-state index contributed by atoms with van der Waals surface area (Å²) >= 11 is 1.61. The van der Waals surface area contributed by atoms with E-state index in [1.807, 2.05) is 53.4 Å². The lowest BCUT2D eigenvalue weighted by atomic mass is 10.1. The van der Waals surface area contributed by atoms with Gasteiger partial charge in [-0.2, -0.15) is 4.57 Å². The van der Waals surface area contributed by atoms with E-state index in [1.165, 1.54) is 0 Å². The van der Waals surface area contributed by atoms with E-state index in [4.69, 9.17) is 0 Å².